The van der Waals surface area contributed by atoms with Crippen LogP contribution in [0.3, 0.4) is 0 Å². The van der Waals surface area contributed by atoms with Crippen molar-refractivity contribution in [1.29, 1.82) is 0 Å². The number of anilines is 1. The maximum Gasteiger partial charge on any atom is 0.321 e. The second-order valence-electron chi connectivity index (χ2n) is 7.50. The highest BCUT2D eigenvalue weighted by Crippen LogP contribution is 2.21. The van der Waals surface area contributed by atoms with Crippen LogP contribution in [0.15, 0.2) is 12.1 Å². The molecule has 27 heavy (non-hydrogen) atoms. The number of amides is 4. The summed E-state index contributed by atoms with van der Waals surface area (Å²) in [7, 11) is 1.67. The summed E-state index contributed by atoms with van der Waals surface area (Å²) in [6.45, 7) is 5.95. The van der Waals surface area contributed by atoms with E-state index in [0.717, 1.165) is 48.1 Å². The first-order valence-electron chi connectivity index (χ1n) is 9.41. The van der Waals surface area contributed by atoms with Gasteiger partial charge in [-0.25, -0.2) is 4.79 Å². The van der Waals surface area contributed by atoms with Crippen molar-refractivity contribution in [3.63, 3.8) is 0 Å². The number of nitrogens with zero attached hydrogens (tertiary/aromatic N) is 1. The number of likely N-dealkylation sites (N-methyl/N-ethyl adjacent to an activating group) is 1. The van der Waals surface area contributed by atoms with Crippen LogP contribution in [0.25, 0.3) is 0 Å². The Morgan fingerprint density at radius 2 is 1.56 bits per heavy atom. The Hall–Kier alpha value is -2.41. The maximum absolute atomic E-state index is 12.3. The number of hydrogen-bond acceptors (Lipinski definition) is 4. The van der Waals surface area contributed by atoms with E-state index in [-0.39, 0.29) is 25.0 Å². The monoisotopic (exact) mass is 374 g/mol. The van der Waals surface area contributed by atoms with Crippen molar-refractivity contribution in [2.45, 2.75) is 52.5 Å². The molecule has 148 valence electrons. The molecule has 0 unspecified atom stereocenters. The van der Waals surface area contributed by atoms with E-state index in [9.17, 15) is 14.4 Å². The molecule has 1 saturated carbocycles. The lowest BCUT2D eigenvalue weighted by atomic mass is 10.1. The van der Waals surface area contributed by atoms with Gasteiger partial charge >= 0.3 is 6.03 Å². The number of rotatable bonds is 6. The van der Waals surface area contributed by atoms with Crippen molar-refractivity contribution in [3.05, 3.63) is 28.8 Å². The van der Waals surface area contributed by atoms with Crippen molar-refractivity contribution < 1.29 is 14.4 Å². The summed E-state index contributed by atoms with van der Waals surface area (Å²) >= 11 is 0. The molecule has 0 heterocycles. The highest BCUT2D eigenvalue weighted by molar-refractivity contribution is 5.96. The van der Waals surface area contributed by atoms with Gasteiger partial charge < -0.3 is 10.6 Å². The first-order chi connectivity index (χ1) is 12.7. The molecule has 0 spiro atoms. The van der Waals surface area contributed by atoms with Crippen molar-refractivity contribution in [2.24, 2.45) is 0 Å². The van der Waals surface area contributed by atoms with Crippen molar-refractivity contribution in [1.82, 2.24) is 15.5 Å². The Balaban J connectivity index is 1.77. The fourth-order valence-electron chi connectivity index (χ4n) is 3.56. The molecule has 0 bridgehead atoms. The molecule has 1 aliphatic carbocycles. The van der Waals surface area contributed by atoms with Crippen LogP contribution in [-0.2, 0) is 9.59 Å². The van der Waals surface area contributed by atoms with Gasteiger partial charge in [0.15, 0.2) is 0 Å². The molecule has 2 rings (SSSR count). The maximum atomic E-state index is 12.3. The molecule has 3 N–H and O–H groups in total. The van der Waals surface area contributed by atoms with Gasteiger partial charge in [-0.3, -0.25) is 19.8 Å². The highest BCUT2D eigenvalue weighted by Gasteiger charge is 2.19. The fraction of sp³-hybridized carbons (Fsp3) is 0.550. The molecule has 7 heteroatoms. The van der Waals surface area contributed by atoms with Crippen LogP contribution in [-0.4, -0.2) is 48.9 Å². The summed E-state index contributed by atoms with van der Waals surface area (Å²) in [4.78, 5) is 37.7. The second-order valence-corrected chi connectivity index (χ2v) is 7.50. The first kappa shape index (κ1) is 20.9. The molecule has 1 aromatic carbocycles. The SMILES string of the molecule is Cc1cc(C)c(NC(=O)CN(C)CC(=O)NC(=O)NC2CCCC2)c(C)c1. The molecule has 1 aromatic rings. The zero-order valence-electron chi connectivity index (χ0n) is 16.6. The number of carbonyl (C=O) groups is 3. The first-order valence-corrected chi connectivity index (χ1v) is 9.41. The van der Waals surface area contributed by atoms with E-state index in [1.54, 1.807) is 11.9 Å². The zero-order chi connectivity index (χ0) is 20.0. The lowest BCUT2D eigenvalue weighted by Gasteiger charge is -2.18. The van der Waals surface area contributed by atoms with Gasteiger partial charge in [-0.15, -0.1) is 0 Å². The predicted octanol–water partition coefficient (Wildman–Crippen LogP) is 2.25. The van der Waals surface area contributed by atoms with Crippen molar-refractivity contribution in [3.8, 4) is 0 Å². The average molecular weight is 374 g/mol. The summed E-state index contributed by atoms with van der Waals surface area (Å²) in [5.74, 6) is -0.626. The largest absolute Gasteiger partial charge is 0.335 e. The Morgan fingerprint density at radius 3 is 2.15 bits per heavy atom. The highest BCUT2D eigenvalue weighted by atomic mass is 16.2. The fourth-order valence-corrected chi connectivity index (χ4v) is 3.56. The standard InChI is InChI=1S/C20H30N4O3/c1-13-9-14(2)19(15(3)10-13)22-17(25)11-24(4)12-18(26)23-20(27)21-16-7-5-6-8-16/h9-10,16H,5-8,11-12H2,1-4H3,(H,22,25)(H2,21,23,26,27). The number of urea groups is 1. The lowest BCUT2D eigenvalue weighted by Crippen LogP contribution is -2.47. The third kappa shape index (κ3) is 6.67. The summed E-state index contributed by atoms with van der Waals surface area (Å²) in [5, 5.41) is 8.03. The van der Waals surface area contributed by atoms with Gasteiger partial charge in [-0.05, 0) is 51.8 Å². The van der Waals surface area contributed by atoms with Gasteiger partial charge in [0.05, 0.1) is 13.1 Å². The molecular weight excluding hydrogens is 344 g/mol. The quantitative estimate of drug-likeness (QED) is 0.712. The number of hydrogen-bond donors (Lipinski definition) is 3. The van der Waals surface area contributed by atoms with Crippen molar-refractivity contribution >= 4 is 23.5 Å². The van der Waals surface area contributed by atoms with Crippen LogP contribution >= 0.6 is 0 Å². The van der Waals surface area contributed by atoms with Gasteiger partial charge in [0, 0.05) is 11.7 Å². The summed E-state index contributed by atoms with van der Waals surface area (Å²) in [5.41, 5.74) is 3.96. The smallest absolute Gasteiger partial charge is 0.321 e. The van der Waals surface area contributed by atoms with E-state index >= 15 is 0 Å². The van der Waals surface area contributed by atoms with Crippen LogP contribution in [0.4, 0.5) is 10.5 Å². The van der Waals surface area contributed by atoms with E-state index < -0.39 is 11.9 Å². The van der Waals surface area contributed by atoms with E-state index in [2.05, 4.69) is 16.0 Å². The van der Waals surface area contributed by atoms with Gasteiger partial charge in [-0.1, -0.05) is 30.5 Å². The second kappa shape index (κ2) is 9.50. The van der Waals surface area contributed by atoms with Gasteiger partial charge in [0.25, 0.3) is 0 Å². The molecule has 1 aliphatic rings. The third-order valence-electron chi connectivity index (χ3n) is 4.71. The third-order valence-corrected chi connectivity index (χ3v) is 4.71. The van der Waals surface area contributed by atoms with Gasteiger partial charge in [0.2, 0.25) is 11.8 Å². The molecule has 0 saturated heterocycles. The molecule has 0 radical (unpaired) electrons. The number of carbonyl (C=O) groups excluding carboxylic acids is 3. The number of benzene rings is 1. The van der Waals surface area contributed by atoms with E-state index in [1.165, 1.54) is 0 Å². The zero-order valence-corrected chi connectivity index (χ0v) is 16.6. The predicted molar refractivity (Wildman–Crippen MR) is 106 cm³/mol. The Bertz CT molecular complexity index is 688. The van der Waals surface area contributed by atoms with Crippen LogP contribution in [0, 0.1) is 20.8 Å². The molecule has 0 aromatic heterocycles. The normalized spacial score (nSPS) is 14.3. The van der Waals surface area contributed by atoms with Crippen LogP contribution in [0.5, 0.6) is 0 Å². The van der Waals surface area contributed by atoms with E-state index in [1.807, 2.05) is 32.9 Å². The minimum atomic E-state index is -0.462. The Labute approximate surface area is 160 Å². The summed E-state index contributed by atoms with van der Waals surface area (Å²) < 4.78 is 0. The number of nitrogens with one attached hydrogen (secondary N) is 3. The number of aryl methyl sites for hydroxylation is 3. The average Bonchev–Trinajstić information content (AvgIpc) is 3.03. The number of imide groups is 1. The Morgan fingerprint density at radius 1 is 1.00 bits per heavy atom. The lowest BCUT2D eigenvalue weighted by molar-refractivity contribution is -0.122. The van der Waals surface area contributed by atoms with Gasteiger partial charge in [-0.2, -0.15) is 0 Å². The molecule has 0 atom stereocenters. The van der Waals surface area contributed by atoms with Crippen molar-refractivity contribution in [2.75, 3.05) is 25.5 Å². The summed E-state index contributed by atoms with van der Waals surface area (Å²) in [6, 6.07) is 3.73. The van der Waals surface area contributed by atoms with E-state index in [0.29, 0.717) is 0 Å². The van der Waals surface area contributed by atoms with Crippen LogP contribution in [0.1, 0.15) is 42.4 Å². The minimum absolute atomic E-state index is 0.0304. The topological polar surface area (TPSA) is 90.5 Å². The van der Waals surface area contributed by atoms with E-state index in [4.69, 9.17) is 0 Å². The Kier molecular flexibility index (Phi) is 7.36. The van der Waals surface area contributed by atoms with Crippen LogP contribution < -0.4 is 16.0 Å². The minimum Gasteiger partial charge on any atom is -0.335 e. The molecule has 0 aliphatic heterocycles. The van der Waals surface area contributed by atoms with Crippen LogP contribution in [0.2, 0.25) is 0 Å². The molecular formula is C20H30N4O3. The summed E-state index contributed by atoms with van der Waals surface area (Å²) in [6.07, 6.45) is 4.13. The molecule has 7 nitrogen and oxygen atoms in total. The van der Waals surface area contributed by atoms with Gasteiger partial charge in [0.1, 0.15) is 0 Å². The molecule has 1 fully saturated rings. The molecule has 4 amide bonds.